The average Bonchev–Trinajstić information content (AvgIpc) is 2.39. The second kappa shape index (κ2) is 11.8. The maximum absolute atomic E-state index is 10.8. The van der Waals surface area contributed by atoms with Gasteiger partial charge in [-0.1, -0.05) is 57.8 Å². The molecule has 126 valence electrons. The van der Waals surface area contributed by atoms with Crippen LogP contribution in [0.5, 0.6) is 0 Å². The van der Waals surface area contributed by atoms with Crippen LogP contribution < -0.4 is 5.32 Å². The van der Waals surface area contributed by atoms with Gasteiger partial charge >= 0.3 is 0 Å². The van der Waals surface area contributed by atoms with Crippen molar-refractivity contribution in [3.8, 4) is 0 Å². The molecule has 0 aromatic heterocycles. The molecule has 0 aromatic rings. The molecule has 6 heteroatoms. The third-order valence-corrected chi connectivity index (χ3v) is 4.84. The van der Waals surface area contributed by atoms with Crippen molar-refractivity contribution in [3.63, 3.8) is 0 Å². The lowest BCUT2D eigenvalue weighted by molar-refractivity contribution is 0.291. The molecule has 4 nitrogen and oxygen atoms in total. The first-order chi connectivity index (χ1) is 10.1. The third-order valence-electron chi connectivity index (χ3n) is 4.09. The molecule has 0 spiro atoms. The summed E-state index contributed by atoms with van der Waals surface area (Å²) in [5, 5.41) is 3.57. The lowest BCUT2D eigenvalue weighted by Gasteiger charge is -2.19. The van der Waals surface area contributed by atoms with E-state index in [4.69, 9.17) is 4.55 Å². The topological polar surface area (TPSA) is 58.6 Å². The summed E-state index contributed by atoms with van der Waals surface area (Å²) in [6.07, 6.45) is 15.5. The zero-order valence-electron chi connectivity index (χ0n) is 13.1. The molecule has 1 rings (SSSR count). The van der Waals surface area contributed by atoms with Gasteiger partial charge in [0.1, 0.15) is 0 Å². The molecule has 1 saturated carbocycles. The van der Waals surface area contributed by atoms with Gasteiger partial charge in [0.15, 0.2) is 0 Å². The molecule has 2 N–H and O–H groups in total. The van der Waals surface area contributed by atoms with Crippen molar-refractivity contribution in [1.82, 2.24) is 5.32 Å². The van der Waals surface area contributed by atoms with E-state index in [9.17, 15) is 4.21 Å². The van der Waals surface area contributed by atoms with Crippen molar-refractivity contribution < 1.29 is 12.9 Å². The van der Waals surface area contributed by atoms with Gasteiger partial charge < -0.3 is 5.32 Å². The van der Waals surface area contributed by atoms with E-state index in [-0.39, 0.29) is 6.61 Å². The highest BCUT2D eigenvalue weighted by molar-refractivity contribution is 8.27. The van der Waals surface area contributed by atoms with Gasteiger partial charge in [0.05, 0.1) is 6.61 Å². The van der Waals surface area contributed by atoms with E-state index in [2.05, 4.69) is 20.7 Å². The van der Waals surface area contributed by atoms with Crippen LogP contribution in [0, 0.1) is 0 Å². The van der Waals surface area contributed by atoms with Crippen LogP contribution in [-0.4, -0.2) is 28.0 Å². The van der Waals surface area contributed by atoms with Crippen molar-refractivity contribution in [2.75, 3.05) is 13.2 Å². The monoisotopic (exact) mass is 337 g/mol. The zero-order valence-corrected chi connectivity index (χ0v) is 14.7. The molecule has 0 heterocycles. The van der Waals surface area contributed by atoms with Gasteiger partial charge in [-0.2, -0.15) is 4.21 Å². The first kappa shape index (κ1) is 19.3. The standard InChI is InChI=1S/C15H31NO3S2/c17-21(18,20)19-14-10-13-16-15-11-8-6-4-2-1-3-5-7-9-12-15/h15-16H,1-14H2,(H,17,18,20). The van der Waals surface area contributed by atoms with Crippen LogP contribution in [0.2, 0.25) is 0 Å². The molecule has 0 amide bonds. The molecule has 1 fully saturated rings. The predicted molar refractivity (Wildman–Crippen MR) is 91.3 cm³/mol. The first-order valence-electron chi connectivity index (χ1n) is 8.43. The highest BCUT2D eigenvalue weighted by Crippen LogP contribution is 2.16. The fourth-order valence-electron chi connectivity index (χ4n) is 2.91. The Hall–Kier alpha value is 0.250. The van der Waals surface area contributed by atoms with Crippen LogP contribution in [0.15, 0.2) is 0 Å². The van der Waals surface area contributed by atoms with Crippen molar-refractivity contribution in [2.45, 2.75) is 83.1 Å². The second-order valence-corrected chi connectivity index (χ2v) is 8.37. The van der Waals surface area contributed by atoms with Gasteiger partial charge in [-0.05, 0) is 25.8 Å². The highest BCUT2D eigenvalue weighted by atomic mass is 32.9. The Morgan fingerprint density at radius 3 is 1.95 bits per heavy atom. The number of rotatable bonds is 6. The van der Waals surface area contributed by atoms with E-state index in [1.165, 1.54) is 70.6 Å². The predicted octanol–water partition coefficient (Wildman–Crippen LogP) is 3.79. The van der Waals surface area contributed by atoms with E-state index in [1.807, 2.05) is 0 Å². The molecule has 0 aliphatic heterocycles. The number of hydrogen-bond donors (Lipinski definition) is 2. The van der Waals surface area contributed by atoms with Crippen molar-refractivity contribution in [3.05, 3.63) is 0 Å². The van der Waals surface area contributed by atoms with E-state index in [1.54, 1.807) is 0 Å². The van der Waals surface area contributed by atoms with Gasteiger partial charge in [0.2, 0.25) is 0 Å². The Balaban J connectivity index is 2.16. The van der Waals surface area contributed by atoms with E-state index in [0.29, 0.717) is 6.04 Å². The summed E-state index contributed by atoms with van der Waals surface area (Å²) in [6.45, 7) is 1.08. The summed E-state index contributed by atoms with van der Waals surface area (Å²) in [6, 6.07) is 0.589. The van der Waals surface area contributed by atoms with Gasteiger partial charge in [-0.25, -0.2) is 0 Å². The first-order valence-corrected chi connectivity index (χ1v) is 10.8. The van der Waals surface area contributed by atoms with Gasteiger partial charge in [0, 0.05) is 17.2 Å². The largest absolute Gasteiger partial charge is 0.314 e. The van der Waals surface area contributed by atoms with Crippen LogP contribution in [0.4, 0.5) is 0 Å². The molecule has 0 bridgehead atoms. The molecule has 1 atom stereocenters. The Bertz CT molecular complexity index is 335. The summed E-state index contributed by atoms with van der Waals surface area (Å²) in [7, 11) is -3.45. The number of hydrogen-bond acceptors (Lipinski definition) is 4. The maximum Gasteiger partial charge on any atom is 0.266 e. The van der Waals surface area contributed by atoms with Crippen molar-refractivity contribution in [2.24, 2.45) is 0 Å². The molecule has 0 aromatic carbocycles. The normalized spacial score (nSPS) is 22.9. The Morgan fingerprint density at radius 2 is 1.48 bits per heavy atom. The van der Waals surface area contributed by atoms with Crippen LogP contribution >= 0.6 is 0 Å². The fraction of sp³-hybridized carbons (Fsp3) is 1.00. The highest BCUT2D eigenvalue weighted by Gasteiger charge is 2.09. The zero-order chi connectivity index (χ0) is 15.4. The molecular weight excluding hydrogens is 306 g/mol. The maximum atomic E-state index is 10.8. The molecule has 0 saturated heterocycles. The molecule has 1 aliphatic carbocycles. The van der Waals surface area contributed by atoms with E-state index < -0.39 is 9.05 Å². The summed E-state index contributed by atoms with van der Waals surface area (Å²) in [5.74, 6) is 0. The van der Waals surface area contributed by atoms with E-state index in [0.717, 1.165) is 13.0 Å². The lowest BCUT2D eigenvalue weighted by atomic mass is 9.98. The van der Waals surface area contributed by atoms with E-state index >= 15 is 0 Å². The average molecular weight is 338 g/mol. The molecule has 0 radical (unpaired) electrons. The Morgan fingerprint density at radius 1 is 1.00 bits per heavy atom. The fourth-order valence-corrected chi connectivity index (χ4v) is 3.44. The minimum atomic E-state index is -3.45. The molecular formula is C15H31NO3S2. The van der Waals surface area contributed by atoms with Crippen LogP contribution in [0.3, 0.4) is 0 Å². The van der Waals surface area contributed by atoms with Gasteiger partial charge in [0.25, 0.3) is 9.05 Å². The quantitative estimate of drug-likeness (QED) is 0.722. The van der Waals surface area contributed by atoms with Crippen LogP contribution in [0.1, 0.15) is 77.0 Å². The SMILES string of the molecule is O=S(O)(=S)OCCCNC1CCCCCCCCCCC1. The minimum absolute atomic E-state index is 0.249. The molecule has 1 unspecified atom stereocenters. The lowest BCUT2D eigenvalue weighted by Crippen LogP contribution is -2.30. The van der Waals surface area contributed by atoms with Crippen molar-refractivity contribution >= 4 is 20.2 Å². The second-order valence-electron chi connectivity index (χ2n) is 6.01. The number of nitrogens with one attached hydrogen (secondary N) is 1. The smallest absolute Gasteiger partial charge is 0.266 e. The van der Waals surface area contributed by atoms with Crippen LogP contribution in [0.25, 0.3) is 0 Å². The Kier molecular flexibility index (Phi) is 10.8. The van der Waals surface area contributed by atoms with Crippen molar-refractivity contribution in [1.29, 1.82) is 0 Å². The van der Waals surface area contributed by atoms with Gasteiger partial charge in [-0.3, -0.25) is 8.74 Å². The summed E-state index contributed by atoms with van der Waals surface area (Å²) in [4.78, 5) is 0. The summed E-state index contributed by atoms with van der Waals surface area (Å²) < 4.78 is 24.3. The van der Waals surface area contributed by atoms with Gasteiger partial charge in [-0.15, -0.1) is 0 Å². The summed E-state index contributed by atoms with van der Waals surface area (Å²) >= 11 is 4.29. The molecule has 1 aliphatic rings. The third kappa shape index (κ3) is 12.5. The Labute approximate surface area is 135 Å². The summed E-state index contributed by atoms with van der Waals surface area (Å²) in [5.41, 5.74) is 0. The van der Waals surface area contributed by atoms with Crippen LogP contribution in [-0.2, 0) is 24.4 Å². The minimum Gasteiger partial charge on any atom is -0.314 e. The molecule has 21 heavy (non-hydrogen) atoms.